The normalized spacial score (nSPS) is 19.7. The van der Waals surface area contributed by atoms with Gasteiger partial charge in [0.15, 0.2) is 0 Å². The predicted octanol–water partition coefficient (Wildman–Crippen LogP) is 4.22. The maximum Gasteiger partial charge on any atom is 0.224 e. The fourth-order valence-electron chi connectivity index (χ4n) is 3.53. The first kappa shape index (κ1) is 20.3. The summed E-state index contributed by atoms with van der Waals surface area (Å²) in [7, 11) is 4.00. The van der Waals surface area contributed by atoms with Gasteiger partial charge in [0.05, 0.1) is 0 Å². The summed E-state index contributed by atoms with van der Waals surface area (Å²) in [5.41, 5.74) is 2.73. The summed E-state index contributed by atoms with van der Waals surface area (Å²) in [6.07, 6.45) is 6.70. The molecule has 3 rings (SSSR count). The lowest BCUT2D eigenvalue weighted by atomic mass is 9.86. The predicted molar refractivity (Wildman–Crippen MR) is 121 cm³/mol. The molecule has 1 aromatic heterocycles. The van der Waals surface area contributed by atoms with Gasteiger partial charge in [-0.2, -0.15) is 4.98 Å². The summed E-state index contributed by atoms with van der Waals surface area (Å²) in [6.45, 7) is 4.22. The second-order valence-corrected chi connectivity index (χ2v) is 8.87. The van der Waals surface area contributed by atoms with Crippen LogP contribution in [0.5, 0.6) is 0 Å². The molecule has 1 aromatic carbocycles. The van der Waals surface area contributed by atoms with E-state index in [9.17, 15) is 0 Å². The van der Waals surface area contributed by atoms with Gasteiger partial charge in [0.25, 0.3) is 0 Å². The Kier molecular flexibility index (Phi) is 7.29. The van der Waals surface area contributed by atoms with Crippen LogP contribution in [0.3, 0.4) is 0 Å². The van der Waals surface area contributed by atoms with E-state index in [2.05, 4.69) is 68.3 Å². The lowest BCUT2D eigenvalue weighted by Gasteiger charge is -2.29. The summed E-state index contributed by atoms with van der Waals surface area (Å²) >= 11 is 2.41. The quantitative estimate of drug-likeness (QED) is 0.583. The SMILES string of the molecule is Cc1ccc(CNCC2CCC(Nc3nccc(N(C)C)n3)CC2)cc1I. The van der Waals surface area contributed by atoms with Gasteiger partial charge >= 0.3 is 0 Å². The maximum atomic E-state index is 4.57. The van der Waals surface area contributed by atoms with E-state index in [4.69, 9.17) is 0 Å². The molecule has 1 heterocycles. The highest BCUT2D eigenvalue weighted by atomic mass is 127. The average molecular weight is 479 g/mol. The molecule has 2 N–H and O–H groups in total. The molecule has 2 aromatic rings. The molecule has 0 bridgehead atoms. The number of hydrogen-bond donors (Lipinski definition) is 2. The molecule has 1 fully saturated rings. The van der Waals surface area contributed by atoms with Crippen molar-refractivity contribution in [2.24, 2.45) is 5.92 Å². The lowest BCUT2D eigenvalue weighted by Crippen LogP contribution is -2.31. The van der Waals surface area contributed by atoms with Crippen molar-refractivity contribution in [3.05, 3.63) is 45.2 Å². The van der Waals surface area contributed by atoms with Crippen molar-refractivity contribution < 1.29 is 0 Å². The number of benzene rings is 1. The second-order valence-electron chi connectivity index (χ2n) is 7.71. The molecule has 0 spiro atoms. The first-order valence-electron chi connectivity index (χ1n) is 9.74. The summed E-state index contributed by atoms with van der Waals surface area (Å²) < 4.78 is 1.35. The van der Waals surface area contributed by atoms with Crippen molar-refractivity contribution >= 4 is 34.4 Å². The first-order chi connectivity index (χ1) is 13.0. The van der Waals surface area contributed by atoms with Gasteiger partial charge in [-0.25, -0.2) is 4.98 Å². The van der Waals surface area contributed by atoms with Crippen LogP contribution in [0.25, 0.3) is 0 Å². The van der Waals surface area contributed by atoms with Crippen LogP contribution in [0.4, 0.5) is 11.8 Å². The van der Waals surface area contributed by atoms with Gasteiger partial charge in [0, 0.05) is 36.4 Å². The standard InChI is InChI=1S/C21H30IN5/c1-15-4-5-17(12-19(15)22)14-23-13-16-6-8-18(9-7-16)25-21-24-11-10-20(26-21)27(2)3/h4-5,10-12,16,18,23H,6-9,13-14H2,1-3H3,(H,24,25,26). The van der Waals surface area contributed by atoms with Crippen LogP contribution in [0.15, 0.2) is 30.5 Å². The van der Waals surface area contributed by atoms with E-state index < -0.39 is 0 Å². The highest BCUT2D eigenvalue weighted by molar-refractivity contribution is 14.1. The van der Waals surface area contributed by atoms with E-state index >= 15 is 0 Å². The maximum absolute atomic E-state index is 4.57. The summed E-state index contributed by atoms with van der Waals surface area (Å²) in [5, 5.41) is 7.17. The molecule has 0 atom stereocenters. The zero-order valence-electron chi connectivity index (χ0n) is 16.5. The first-order valence-corrected chi connectivity index (χ1v) is 10.8. The molecule has 0 radical (unpaired) electrons. The van der Waals surface area contributed by atoms with Crippen molar-refractivity contribution in [3.8, 4) is 0 Å². The number of nitrogens with zero attached hydrogens (tertiary/aromatic N) is 3. The van der Waals surface area contributed by atoms with Crippen LogP contribution < -0.4 is 15.5 Å². The minimum atomic E-state index is 0.484. The Labute approximate surface area is 176 Å². The van der Waals surface area contributed by atoms with E-state index in [1.54, 1.807) is 0 Å². The Morgan fingerprint density at radius 1 is 1.15 bits per heavy atom. The van der Waals surface area contributed by atoms with Crippen LogP contribution >= 0.6 is 22.6 Å². The number of anilines is 2. The Morgan fingerprint density at radius 2 is 1.93 bits per heavy atom. The topological polar surface area (TPSA) is 53.1 Å². The number of halogens is 1. The monoisotopic (exact) mass is 479 g/mol. The Hall–Kier alpha value is -1.41. The van der Waals surface area contributed by atoms with Crippen molar-refractivity contribution in [1.82, 2.24) is 15.3 Å². The molecule has 0 unspecified atom stereocenters. The van der Waals surface area contributed by atoms with E-state index in [0.29, 0.717) is 6.04 Å². The lowest BCUT2D eigenvalue weighted by molar-refractivity contribution is 0.323. The number of aryl methyl sites for hydroxylation is 1. The van der Waals surface area contributed by atoms with Gasteiger partial charge in [0.2, 0.25) is 5.95 Å². The van der Waals surface area contributed by atoms with Crippen LogP contribution in [-0.4, -0.2) is 36.6 Å². The molecule has 0 amide bonds. The summed E-state index contributed by atoms with van der Waals surface area (Å²) in [6, 6.07) is 9.14. The zero-order valence-corrected chi connectivity index (χ0v) is 18.7. The molecule has 0 saturated heterocycles. The van der Waals surface area contributed by atoms with Gasteiger partial charge in [-0.05, 0) is 90.9 Å². The molecule has 27 heavy (non-hydrogen) atoms. The third kappa shape index (κ3) is 6.04. The fraction of sp³-hybridized carbons (Fsp3) is 0.524. The van der Waals surface area contributed by atoms with Crippen molar-refractivity contribution in [2.75, 3.05) is 30.9 Å². The number of nitrogens with one attached hydrogen (secondary N) is 2. The average Bonchev–Trinajstić information content (AvgIpc) is 2.66. The molecule has 0 aliphatic heterocycles. The number of aromatic nitrogens is 2. The van der Waals surface area contributed by atoms with Gasteiger partial charge in [-0.15, -0.1) is 0 Å². The fourth-order valence-corrected chi connectivity index (χ4v) is 4.11. The second kappa shape index (κ2) is 9.68. The number of hydrogen-bond acceptors (Lipinski definition) is 5. The molecule has 1 saturated carbocycles. The summed E-state index contributed by atoms with van der Waals surface area (Å²) in [4.78, 5) is 10.9. The Balaban J connectivity index is 1.40. The van der Waals surface area contributed by atoms with Crippen LogP contribution in [0.1, 0.15) is 36.8 Å². The smallest absolute Gasteiger partial charge is 0.224 e. The highest BCUT2D eigenvalue weighted by Gasteiger charge is 2.21. The molecule has 1 aliphatic carbocycles. The highest BCUT2D eigenvalue weighted by Crippen LogP contribution is 2.26. The Morgan fingerprint density at radius 3 is 2.63 bits per heavy atom. The van der Waals surface area contributed by atoms with Crippen LogP contribution in [0, 0.1) is 16.4 Å². The van der Waals surface area contributed by atoms with E-state index in [1.807, 2.05) is 31.3 Å². The molecule has 146 valence electrons. The van der Waals surface area contributed by atoms with Crippen molar-refractivity contribution in [1.29, 1.82) is 0 Å². The van der Waals surface area contributed by atoms with E-state index in [1.165, 1.54) is 40.4 Å². The largest absolute Gasteiger partial charge is 0.363 e. The summed E-state index contributed by atoms with van der Waals surface area (Å²) in [5.74, 6) is 2.45. The van der Waals surface area contributed by atoms with E-state index in [-0.39, 0.29) is 0 Å². The molecule has 6 heteroatoms. The van der Waals surface area contributed by atoms with Gasteiger partial charge in [-0.3, -0.25) is 0 Å². The molecule has 1 aliphatic rings. The van der Waals surface area contributed by atoms with E-state index in [0.717, 1.165) is 30.8 Å². The Bertz CT molecular complexity index is 741. The zero-order chi connectivity index (χ0) is 19.2. The number of rotatable bonds is 7. The third-order valence-corrected chi connectivity index (χ3v) is 6.44. The minimum absolute atomic E-state index is 0.484. The molecular formula is C21H30IN5. The minimum Gasteiger partial charge on any atom is -0.363 e. The molecule has 5 nitrogen and oxygen atoms in total. The van der Waals surface area contributed by atoms with Gasteiger partial charge in [-0.1, -0.05) is 12.1 Å². The van der Waals surface area contributed by atoms with Gasteiger partial charge < -0.3 is 15.5 Å². The van der Waals surface area contributed by atoms with Gasteiger partial charge in [0.1, 0.15) is 5.82 Å². The van der Waals surface area contributed by atoms with Crippen LogP contribution in [0.2, 0.25) is 0 Å². The van der Waals surface area contributed by atoms with Crippen molar-refractivity contribution in [3.63, 3.8) is 0 Å². The molecular weight excluding hydrogens is 449 g/mol. The van der Waals surface area contributed by atoms with Crippen molar-refractivity contribution in [2.45, 2.75) is 45.2 Å². The van der Waals surface area contributed by atoms with Crippen LogP contribution in [-0.2, 0) is 6.54 Å². The third-order valence-electron chi connectivity index (χ3n) is 5.28.